The maximum atomic E-state index is 13.5. The van der Waals surface area contributed by atoms with Crippen molar-refractivity contribution < 1.29 is 14.3 Å². The van der Waals surface area contributed by atoms with Crippen LogP contribution in [0.25, 0.3) is 0 Å². The largest absolute Gasteiger partial charge is 0.444 e. The number of nitrogens with zero attached hydrogens (tertiary/aromatic N) is 1. The molecule has 0 bridgehead atoms. The number of benzene rings is 1. The number of hydrogen-bond acceptors (Lipinski definition) is 3. The van der Waals surface area contributed by atoms with Crippen LogP contribution in [0.4, 0.5) is 4.79 Å². The van der Waals surface area contributed by atoms with Crippen molar-refractivity contribution in [3.63, 3.8) is 0 Å². The smallest absolute Gasteiger partial charge is 0.410 e. The number of amides is 1. The molecule has 27 heavy (non-hydrogen) atoms. The van der Waals surface area contributed by atoms with Crippen molar-refractivity contribution in [3.8, 4) is 0 Å². The third-order valence-electron chi connectivity index (χ3n) is 4.97. The molecule has 0 N–H and O–H groups in total. The molecular weight excluding hydrogens is 568 g/mol. The standard InChI is InChI=1S/C21H29I2NO3/c1-5-8-21(9-10-24(14-21)19(26)27-20(2,3)4)18(25)15-6-7-16(12-22)17(11-15)13-23/h6-7,11H,5,8-10,12-14H2,1-4H3. The van der Waals surface area contributed by atoms with E-state index in [1.54, 1.807) is 4.90 Å². The molecule has 0 radical (unpaired) electrons. The van der Waals surface area contributed by atoms with Gasteiger partial charge in [-0.05, 0) is 50.8 Å². The van der Waals surface area contributed by atoms with Crippen LogP contribution in [0.3, 0.4) is 0 Å². The molecule has 1 aromatic rings. The Bertz CT molecular complexity index is 699. The van der Waals surface area contributed by atoms with Crippen molar-refractivity contribution in [3.05, 3.63) is 34.9 Å². The first-order chi connectivity index (χ1) is 12.7. The number of alkyl halides is 2. The van der Waals surface area contributed by atoms with Crippen molar-refractivity contribution in [1.29, 1.82) is 0 Å². The average Bonchev–Trinajstić information content (AvgIpc) is 3.05. The van der Waals surface area contributed by atoms with Gasteiger partial charge < -0.3 is 9.64 Å². The first-order valence-electron chi connectivity index (χ1n) is 9.42. The van der Waals surface area contributed by atoms with E-state index in [-0.39, 0.29) is 11.9 Å². The molecule has 1 amide bonds. The highest BCUT2D eigenvalue weighted by molar-refractivity contribution is 14.1. The van der Waals surface area contributed by atoms with E-state index in [9.17, 15) is 9.59 Å². The molecule has 1 aliphatic rings. The van der Waals surface area contributed by atoms with E-state index in [4.69, 9.17) is 4.74 Å². The average molecular weight is 597 g/mol. The second-order valence-electron chi connectivity index (χ2n) is 8.26. The summed E-state index contributed by atoms with van der Waals surface area (Å²) in [5, 5.41) is 0. The van der Waals surface area contributed by atoms with Crippen LogP contribution in [0.15, 0.2) is 18.2 Å². The summed E-state index contributed by atoms with van der Waals surface area (Å²) >= 11 is 4.71. The molecule has 1 atom stereocenters. The van der Waals surface area contributed by atoms with Gasteiger partial charge in [-0.15, -0.1) is 0 Å². The monoisotopic (exact) mass is 597 g/mol. The number of hydrogen-bond donors (Lipinski definition) is 0. The Morgan fingerprint density at radius 3 is 2.41 bits per heavy atom. The lowest BCUT2D eigenvalue weighted by molar-refractivity contribution is 0.0272. The molecule has 0 spiro atoms. The first kappa shape index (κ1) is 22.9. The molecule has 4 nitrogen and oxygen atoms in total. The van der Waals surface area contributed by atoms with Gasteiger partial charge in [0.15, 0.2) is 5.78 Å². The lowest BCUT2D eigenvalue weighted by Crippen LogP contribution is -2.39. The lowest BCUT2D eigenvalue weighted by atomic mass is 9.75. The van der Waals surface area contributed by atoms with Gasteiger partial charge >= 0.3 is 6.09 Å². The second-order valence-corrected chi connectivity index (χ2v) is 9.79. The molecule has 150 valence electrons. The molecular formula is C21H29I2NO3. The number of Topliss-reactive ketones (excluding diaryl/α,β-unsaturated/α-hetero) is 1. The molecule has 0 aromatic heterocycles. The van der Waals surface area contributed by atoms with Crippen molar-refractivity contribution in [2.45, 2.75) is 61.4 Å². The number of ketones is 1. The van der Waals surface area contributed by atoms with Gasteiger partial charge in [0.05, 0.1) is 5.41 Å². The van der Waals surface area contributed by atoms with Gasteiger partial charge in [0.1, 0.15) is 5.60 Å². The van der Waals surface area contributed by atoms with Crippen molar-refractivity contribution in [2.75, 3.05) is 13.1 Å². The fraction of sp³-hybridized carbons (Fsp3) is 0.619. The van der Waals surface area contributed by atoms with Crippen LogP contribution in [0, 0.1) is 5.41 Å². The topological polar surface area (TPSA) is 46.6 Å². The van der Waals surface area contributed by atoms with E-state index < -0.39 is 11.0 Å². The van der Waals surface area contributed by atoms with Crippen LogP contribution in [-0.2, 0) is 13.6 Å². The zero-order chi connectivity index (χ0) is 20.2. The van der Waals surface area contributed by atoms with Crippen LogP contribution >= 0.6 is 45.2 Å². The molecule has 0 aliphatic carbocycles. The van der Waals surface area contributed by atoms with Gasteiger partial charge in [-0.3, -0.25) is 4.79 Å². The summed E-state index contributed by atoms with van der Waals surface area (Å²) in [4.78, 5) is 27.7. The fourth-order valence-electron chi connectivity index (χ4n) is 3.66. The zero-order valence-corrected chi connectivity index (χ0v) is 20.9. The minimum Gasteiger partial charge on any atom is -0.444 e. The molecule has 1 aliphatic heterocycles. The van der Waals surface area contributed by atoms with Crippen molar-refractivity contribution >= 4 is 57.1 Å². The summed E-state index contributed by atoms with van der Waals surface area (Å²) in [5.74, 6) is 0.168. The Kier molecular flexibility index (Phi) is 7.98. The van der Waals surface area contributed by atoms with Gasteiger partial charge in [-0.25, -0.2) is 4.79 Å². The summed E-state index contributed by atoms with van der Waals surface area (Å²) in [6, 6.07) is 6.09. The molecule has 1 saturated heterocycles. The van der Waals surface area contributed by atoms with Gasteiger partial charge in [0.2, 0.25) is 0 Å². The predicted molar refractivity (Wildman–Crippen MR) is 126 cm³/mol. The van der Waals surface area contributed by atoms with Gasteiger partial charge in [-0.2, -0.15) is 0 Å². The van der Waals surface area contributed by atoms with E-state index in [1.807, 2.05) is 26.8 Å². The summed E-state index contributed by atoms with van der Waals surface area (Å²) < 4.78 is 7.35. The van der Waals surface area contributed by atoms with Crippen LogP contribution in [-0.4, -0.2) is 35.5 Å². The summed E-state index contributed by atoms with van der Waals surface area (Å²) in [7, 11) is 0. The maximum absolute atomic E-state index is 13.5. The Hall–Kier alpha value is -0.380. The van der Waals surface area contributed by atoms with Crippen LogP contribution in [0.2, 0.25) is 0 Å². The van der Waals surface area contributed by atoms with Gasteiger partial charge in [0.25, 0.3) is 0 Å². The fourth-order valence-corrected chi connectivity index (χ4v) is 5.12. The lowest BCUT2D eigenvalue weighted by Gasteiger charge is -2.29. The molecule has 2 rings (SSSR count). The number of ether oxygens (including phenoxy) is 1. The molecule has 1 aromatic carbocycles. The van der Waals surface area contributed by atoms with Crippen LogP contribution in [0.5, 0.6) is 0 Å². The highest BCUT2D eigenvalue weighted by Crippen LogP contribution is 2.39. The Morgan fingerprint density at radius 1 is 1.19 bits per heavy atom. The predicted octanol–water partition coefficient (Wildman–Crippen LogP) is 6.17. The third kappa shape index (κ3) is 5.58. The number of rotatable bonds is 6. The molecule has 1 unspecified atom stereocenters. The van der Waals surface area contributed by atoms with E-state index in [0.717, 1.165) is 27.3 Å². The molecule has 0 saturated carbocycles. The summed E-state index contributed by atoms with van der Waals surface area (Å²) in [6.07, 6.45) is 2.09. The third-order valence-corrected chi connectivity index (χ3v) is 6.62. The van der Waals surface area contributed by atoms with Gasteiger partial charge in [0, 0.05) is 27.5 Å². The van der Waals surface area contributed by atoms with Crippen LogP contribution in [0.1, 0.15) is 68.4 Å². The Morgan fingerprint density at radius 2 is 1.85 bits per heavy atom. The number of halogens is 2. The SMILES string of the molecule is CCCC1(C(=O)c2ccc(CI)c(CI)c2)CCN(C(=O)OC(C)(C)C)C1. The first-order valence-corrected chi connectivity index (χ1v) is 12.5. The molecule has 1 fully saturated rings. The van der Waals surface area contributed by atoms with E-state index in [2.05, 4.69) is 64.2 Å². The van der Waals surface area contributed by atoms with Crippen LogP contribution < -0.4 is 0 Å². The van der Waals surface area contributed by atoms with Gasteiger partial charge in [-0.1, -0.05) is 70.7 Å². The van der Waals surface area contributed by atoms with E-state index >= 15 is 0 Å². The molecule has 6 heteroatoms. The minimum absolute atomic E-state index is 0.168. The molecule has 1 heterocycles. The zero-order valence-electron chi connectivity index (χ0n) is 16.6. The maximum Gasteiger partial charge on any atom is 0.410 e. The number of likely N-dealkylation sites (tertiary alicyclic amines) is 1. The quantitative estimate of drug-likeness (QED) is 0.224. The Labute approximate surface area is 190 Å². The summed E-state index contributed by atoms with van der Waals surface area (Å²) in [5.41, 5.74) is 2.26. The second kappa shape index (κ2) is 9.41. The van der Waals surface area contributed by atoms with E-state index in [1.165, 1.54) is 11.1 Å². The summed E-state index contributed by atoms with van der Waals surface area (Å²) in [6.45, 7) is 8.72. The van der Waals surface area contributed by atoms with E-state index in [0.29, 0.717) is 19.5 Å². The van der Waals surface area contributed by atoms with Crippen molar-refractivity contribution in [1.82, 2.24) is 4.90 Å². The highest BCUT2D eigenvalue weighted by atomic mass is 127. The minimum atomic E-state index is -0.526. The highest BCUT2D eigenvalue weighted by Gasteiger charge is 2.46. The number of carbonyl (C=O) groups excluding carboxylic acids is 2. The normalized spacial score (nSPS) is 20.0. The van der Waals surface area contributed by atoms with Crippen molar-refractivity contribution in [2.24, 2.45) is 5.41 Å². The number of carbonyl (C=O) groups is 2. The Balaban J connectivity index is 2.26.